The van der Waals surface area contributed by atoms with Gasteiger partial charge in [0.2, 0.25) is 10.0 Å². The maximum Gasteiger partial charge on any atom is 0.306 e. The second-order valence-corrected chi connectivity index (χ2v) is 6.51. The lowest BCUT2D eigenvalue weighted by Gasteiger charge is -2.05. The van der Waals surface area contributed by atoms with Crippen molar-refractivity contribution in [3.8, 4) is 5.75 Å². The Hall–Kier alpha value is -1.28. The van der Waals surface area contributed by atoms with Gasteiger partial charge in [-0.15, -0.1) is 0 Å². The Bertz CT molecular complexity index is 506. The molecular weight excluding hydrogens is 254 g/mol. The minimum atomic E-state index is -3.56. The van der Waals surface area contributed by atoms with Crippen molar-refractivity contribution in [2.45, 2.75) is 0 Å². The summed E-state index contributed by atoms with van der Waals surface area (Å²) in [7, 11) is -6.90. The maximum absolute atomic E-state index is 10.9. The summed E-state index contributed by atoms with van der Waals surface area (Å²) in [4.78, 5) is 0. The van der Waals surface area contributed by atoms with Gasteiger partial charge in [0.25, 0.3) is 0 Å². The van der Waals surface area contributed by atoms with E-state index in [1.165, 1.54) is 24.3 Å². The van der Waals surface area contributed by atoms with Crippen LogP contribution >= 0.6 is 0 Å². The number of benzene rings is 1. The predicted molar refractivity (Wildman–Crippen MR) is 60.4 cm³/mol. The molecule has 0 saturated carbocycles. The van der Waals surface area contributed by atoms with Crippen LogP contribution in [-0.2, 0) is 20.1 Å². The molecule has 1 N–H and O–H groups in total. The molecule has 0 radical (unpaired) electrons. The predicted octanol–water partition coefficient (Wildman–Crippen LogP) is 0.396. The molecule has 0 saturated heterocycles. The van der Waals surface area contributed by atoms with Crippen LogP contribution in [-0.4, -0.2) is 29.3 Å². The zero-order valence-corrected chi connectivity index (χ0v) is 10.3. The van der Waals surface area contributed by atoms with Crippen molar-refractivity contribution in [3.05, 3.63) is 24.3 Å². The second kappa shape index (κ2) is 4.30. The van der Waals surface area contributed by atoms with E-state index in [4.69, 9.17) is 0 Å². The molecule has 0 atom stereocenters. The molecule has 0 fully saturated rings. The van der Waals surface area contributed by atoms with Gasteiger partial charge in [-0.1, -0.05) is 0 Å². The van der Waals surface area contributed by atoms with Crippen LogP contribution in [0, 0.1) is 0 Å². The molecule has 0 amide bonds. The summed E-state index contributed by atoms with van der Waals surface area (Å²) in [6, 6.07) is 5.52. The van der Waals surface area contributed by atoms with E-state index < -0.39 is 20.1 Å². The lowest BCUT2D eigenvalue weighted by Crippen LogP contribution is -2.09. The normalized spacial score (nSPS) is 12.1. The molecule has 1 rings (SSSR count). The number of sulfonamides is 1. The molecule has 16 heavy (non-hydrogen) atoms. The van der Waals surface area contributed by atoms with Gasteiger partial charge in [0.1, 0.15) is 5.75 Å². The highest BCUT2D eigenvalue weighted by Crippen LogP contribution is 2.17. The fourth-order valence-corrected chi connectivity index (χ4v) is 1.99. The number of hydrogen-bond acceptors (Lipinski definition) is 5. The van der Waals surface area contributed by atoms with E-state index >= 15 is 0 Å². The standard InChI is InChI=1S/C8H11NO5S2/c1-15(10,11)9-7-3-5-8(6-4-7)14-16(2,12)13/h3-6,9H,1-2H3. The van der Waals surface area contributed by atoms with Gasteiger partial charge in [-0.25, -0.2) is 8.42 Å². The topological polar surface area (TPSA) is 89.5 Å². The van der Waals surface area contributed by atoms with Crippen molar-refractivity contribution in [1.82, 2.24) is 0 Å². The van der Waals surface area contributed by atoms with Crippen molar-refractivity contribution in [1.29, 1.82) is 0 Å². The molecule has 0 aliphatic rings. The summed E-state index contributed by atoms with van der Waals surface area (Å²) >= 11 is 0. The zero-order chi connectivity index (χ0) is 12.4. The van der Waals surface area contributed by atoms with Gasteiger partial charge in [0, 0.05) is 5.69 Å². The van der Waals surface area contributed by atoms with Crippen LogP contribution in [0.3, 0.4) is 0 Å². The summed E-state index contributed by atoms with van der Waals surface area (Å²) in [6.07, 6.45) is 1.95. The molecule has 0 aliphatic heterocycles. The van der Waals surface area contributed by atoms with E-state index in [-0.39, 0.29) is 5.75 Å². The molecule has 0 bridgehead atoms. The lowest BCUT2D eigenvalue weighted by molar-refractivity contribution is 0.493. The minimum absolute atomic E-state index is 0.126. The van der Waals surface area contributed by atoms with Crippen LogP contribution in [0.25, 0.3) is 0 Å². The summed E-state index contributed by atoms with van der Waals surface area (Å²) < 4.78 is 50.1. The van der Waals surface area contributed by atoms with Crippen LogP contribution in [0.4, 0.5) is 5.69 Å². The van der Waals surface area contributed by atoms with E-state index in [0.29, 0.717) is 5.69 Å². The zero-order valence-electron chi connectivity index (χ0n) is 8.67. The first-order chi connectivity index (χ1) is 7.16. The molecule has 90 valence electrons. The molecule has 6 nitrogen and oxygen atoms in total. The van der Waals surface area contributed by atoms with E-state index in [9.17, 15) is 16.8 Å². The van der Waals surface area contributed by atoms with Gasteiger partial charge in [-0.2, -0.15) is 8.42 Å². The smallest absolute Gasteiger partial charge is 0.306 e. The van der Waals surface area contributed by atoms with Crippen LogP contribution in [0.1, 0.15) is 0 Å². The van der Waals surface area contributed by atoms with Gasteiger partial charge in [0.15, 0.2) is 0 Å². The van der Waals surface area contributed by atoms with Crippen molar-refractivity contribution in [2.75, 3.05) is 17.2 Å². The van der Waals surface area contributed by atoms with Gasteiger partial charge in [0.05, 0.1) is 12.5 Å². The Labute approximate surface area is 94.4 Å². The number of hydrogen-bond donors (Lipinski definition) is 1. The SMILES string of the molecule is CS(=O)(=O)Nc1ccc(OS(C)(=O)=O)cc1. The Morgan fingerprint density at radius 3 is 1.88 bits per heavy atom. The average molecular weight is 265 g/mol. The third-order valence-corrected chi connectivity index (χ3v) is 2.51. The number of nitrogens with one attached hydrogen (secondary N) is 1. The van der Waals surface area contributed by atoms with Crippen molar-refractivity contribution in [3.63, 3.8) is 0 Å². The highest BCUT2D eigenvalue weighted by Gasteiger charge is 2.05. The van der Waals surface area contributed by atoms with Gasteiger partial charge < -0.3 is 4.18 Å². The summed E-state index contributed by atoms with van der Waals surface area (Å²) in [5.41, 5.74) is 0.336. The number of rotatable bonds is 4. The van der Waals surface area contributed by atoms with Crippen LogP contribution in [0.5, 0.6) is 5.75 Å². The second-order valence-electron chi connectivity index (χ2n) is 3.19. The van der Waals surface area contributed by atoms with E-state index in [1.807, 2.05) is 0 Å². The molecule has 0 unspecified atom stereocenters. The van der Waals surface area contributed by atoms with Gasteiger partial charge >= 0.3 is 10.1 Å². The molecule has 0 heterocycles. The minimum Gasteiger partial charge on any atom is -0.383 e. The number of anilines is 1. The van der Waals surface area contributed by atoms with Crippen molar-refractivity contribution in [2.24, 2.45) is 0 Å². The van der Waals surface area contributed by atoms with E-state index in [1.54, 1.807) is 0 Å². The first kappa shape index (κ1) is 12.8. The first-order valence-corrected chi connectivity index (χ1v) is 7.84. The molecule has 8 heteroatoms. The summed E-state index contributed by atoms with van der Waals surface area (Å²) in [5, 5.41) is 0. The summed E-state index contributed by atoms with van der Waals surface area (Å²) in [5.74, 6) is 0.126. The average Bonchev–Trinajstić information content (AvgIpc) is 2.03. The molecule has 0 spiro atoms. The highest BCUT2D eigenvalue weighted by molar-refractivity contribution is 7.92. The third-order valence-electron chi connectivity index (χ3n) is 1.41. The Morgan fingerprint density at radius 1 is 1.00 bits per heavy atom. The molecular formula is C8H11NO5S2. The summed E-state index contributed by atoms with van der Waals surface area (Å²) in [6.45, 7) is 0. The van der Waals surface area contributed by atoms with Crippen LogP contribution in [0.2, 0.25) is 0 Å². The first-order valence-electron chi connectivity index (χ1n) is 4.13. The Balaban J connectivity index is 2.84. The van der Waals surface area contributed by atoms with E-state index in [0.717, 1.165) is 12.5 Å². The molecule has 0 aromatic heterocycles. The van der Waals surface area contributed by atoms with Crippen molar-refractivity contribution < 1.29 is 21.0 Å². The molecule has 1 aromatic rings. The van der Waals surface area contributed by atoms with Crippen LogP contribution in [0.15, 0.2) is 24.3 Å². The fourth-order valence-electron chi connectivity index (χ4n) is 0.967. The molecule has 0 aliphatic carbocycles. The van der Waals surface area contributed by atoms with Crippen molar-refractivity contribution >= 4 is 25.8 Å². The Morgan fingerprint density at radius 2 is 1.50 bits per heavy atom. The Kier molecular flexibility index (Phi) is 3.44. The van der Waals surface area contributed by atoms with Crippen LogP contribution < -0.4 is 8.91 Å². The quantitative estimate of drug-likeness (QED) is 0.796. The monoisotopic (exact) mass is 265 g/mol. The fraction of sp³-hybridized carbons (Fsp3) is 0.250. The van der Waals surface area contributed by atoms with Gasteiger partial charge in [-0.3, -0.25) is 4.72 Å². The molecule has 1 aromatic carbocycles. The van der Waals surface area contributed by atoms with Gasteiger partial charge in [-0.05, 0) is 24.3 Å². The highest BCUT2D eigenvalue weighted by atomic mass is 32.2. The lowest BCUT2D eigenvalue weighted by atomic mass is 10.3. The van der Waals surface area contributed by atoms with E-state index in [2.05, 4.69) is 8.91 Å². The maximum atomic E-state index is 10.9. The third kappa shape index (κ3) is 4.99. The largest absolute Gasteiger partial charge is 0.383 e.